The third-order valence-corrected chi connectivity index (χ3v) is 4.38. The minimum absolute atomic E-state index is 0.0606. The molecule has 1 aromatic heterocycles. The van der Waals surface area contributed by atoms with Gasteiger partial charge >= 0.3 is 5.97 Å². The Kier molecular flexibility index (Phi) is 5.86. The summed E-state index contributed by atoms with van der Waals surface area (Å²) in [7, 11) is 0. The van der Waals surface area contributed by atoms with E-state index in [0.29, 0.717) is 19.1 Å². The van der Waals surface area contributed by atoms with Gasteiger partial charge in [-0.1, -0.05) is 6.92 Å². The van der Waals surface area contributed by atoms with Crippen molar-refractivity contribution in [2.24, 2.45) is 0 Å². The summed E-state index contributed by atoms with van der Waals surface area (Å²) in [5, 5.41) is 4.13. The molecule has 0 aliphatic carbocycles. The Morgan fingerprint density at radius 3 is 3.21 bits per heavy atom. The average Bonchev–Trinajstić information content (AvgIpc) is 3.06. The van der Waals surface area contributed by atoms with Gasteiger partial charge in [-0.3, -0.25) is 9.69 Å². The fourth-order valence-electron chi connectivity index (χ4n) is 2.61. The van der Waals surface area contributed by atoms with Crippen molar-refractivity contribution in [3.8, 4) is 0 Å². The van der Waals surface area contributed by atoms with Crippen LogP contribution >= 0.6 is 11.3 Å². The average molecular weight is 281 g/mol. The van der Waals surface area contributed by atoms with Gasteiger partial charge in [0.2, 0.25) is 0 Å². The number of aryl methyl sites for hydroxylation is 1. The number of rotatable bonds is 7. The molecule has 0 spiro atoms. The first-order valence-corrected chi connectivity index (χ1v) is 8.14. The number of thiophene rings is 1. The Labute approximate surface area is 119 Å². The van der Waals surface area contributed by atoms with Crippen molar-refractivity contribution in [2.75, 3.05) is 19.7 Å². The molecule has 1 saturated heterocycles. The number of hydrogen-bond acceptors (Lipinski definition) is 4. The molecule has 1 fully saturated rings. The predicted molar refractivity (Wildman–Crippen MR) is 78.5 cm³/mol. The van der Waals surface area contributed by atoms with Crippen molar-refractivity contribution >= 4 is 17.3 Å². The van der Waals surface area contributed by atoms with Gasteiger partial charge in [0, 0.05) is 12.5 Å². The Hall–Kier alpha value is -0.870. The Balaban J connectivity index is 1.65. The van der Waals surface area contributed by atoms with Gasteiger partial charge in [-0.25, -0.2) is 0 Å². The first-order valence-electron chi connectivity index (χ1n) is 7.20. The van der Waals surface area contributed by atoms with Crippen molar-refractivity contribution in [2.45, 2.75) is 45.1 Å². The van der Waals surface area contributed by atoms with Crippen molar-refractivity contribution in [3.05, 3.63) is 22.4 Å². The lowest BCUT2D eigenvalue weighted by Gasteiger charge is -2.23. The maximum Gasteiger partial charge on any atom is 0.306 e. The van der Waals surface area contributed by atoms with Crippen LogP contribution in [-0.2, 0) is 16.0 Å². The SMILES string of the molecule is CCCN1CCC[C@H]1COC(=O)CCc1ccsc1. The minimum Gasteiger partial charge on any atom is -0.464 e. The summed E-state index contributed by atoms with van der Waals surface area (Å²) < 4.78 is 5.42. The quantitative estimate of drug-likeness (QED) is 0.719. The third-order valence-electron chi connectivity index (χ3n) is 3.64. The zero-order chi connectivity index (χ0) is 13.5. The lowest BCUT2D eigenvalue weighted by atomic mass is 10.2. The molecule has 4 heteroatoms. The molecule has 0 radical (unpaired) electrons. The number of nitrogens with zero attached hydrogens (tertiary/aromatic N) is 1. The smallest absolute Gasteiger partial charge is 0.306 e. The van der Waals surface area contributed by atoms with Crippen LogP contribution in [0.1, 0.15) is 38.2 Å². The molecule has 1 aromatic rings. The lowest BCUT2D eigenvalue weighted by Crippen LogP contribution is -2.34. The highest BCUT2D eigenvalue weighted by atomic mass is 32.1. The molecule has 0 unspecified atom stereocenters. The van der Waals surface area contributed by atoms with Crippen molar-refractivity contribution in [1.82, 2.24) is 4.90 Å². The first kappa shape index (κ1) is 14.5. The minimum atomic E-state index is -0.0606. The van der Waals surface area contributed by atoms with E-state index in [1.54, 1.807) is 11.3 Å². The van der Waals surface area contributed by atoms with Crippen molar-refractivity contribution < 1.29 is 9.53 Å². The standard InChI is InChI=1S/C15H23NO2S/c1-2-8-16-9-3-4-14(16)11-18-15(17)6-5-13-7-10-19-12-13/h7,10,12,14H,2-6,8-9,11H2,1H3/t14-/m0/s1. The van der Waals surface area contributed by atoms with Crippen LogP contribution in [0.4, 0.5) is 0 Å². The molecule has 0 aromatic carbocycles. The topological polar surface area (TPSA) is 29.5 Å². The number of carbonyl (C=O) groups excluding carboxylic acids is 1. The van der Waals surface area contributed by atoms with Gasteiger partial charge in [-0.15, -0.1) is 0 Å². The van der Waals surface area contributed by atoms with Crippen LogP contribution < -0.4 is 0 Å². The van der Waals surface area contributed by atoms with E-state index in [9.17, 15) is 4.79 Å². The molecule has 19 heavy (non-hydrogen) atoms. The highest BCUT2D eigenvalue weighted by molar-refractivity contribution is 7.07. The Morgan fingerprint density at radius 1 is 1.58 bits per heavy atom. The zero-order valence-electron chi connectivity index (χ0n) is 11.6. The zero-order valence-corrected chi connectivity index (χ0v) is 12.5. The predicted octanol–water partition coefficient (Wildman–Crippen LogP) is 3.10. The number of ether oxygens (including phenoxy) is 1. The van der Waals surface area contributed by atoms with Crippen LogP contribution in [0.3, 0.4) is 0 Å². The number of esters is 1. The molecule has 2 rings (SSSR count). The van der Waals surface area contributed by atoms with E-state index in [0.717, 1.165) is 25.9 Å². The fourth-order valence-corrected chi connectivity index (χ4v) is 3.31. The lowest BCUT2D eigenvalue weighted by molar-refractivity contribution is -0.145. The van der Waals surface area contributed by atoms with Gasteiger partial charge in [0.15, 0.2) is 0 Å². The normalized spacial score (nSPS) is 19.7. The van der Waals surface area contributed by atoms with Crippen molar-refractivity contribution in [3.63, 3.8) is 0 Å². The molecule has 1 atom stereocenters. The van der Waals surface area contributed by atoms with Gasteiger partial charge in [0.05, 0.1) is 0 Å². The van der Waals surface area contributed by atoms with E-state index in [1.807, 2.05) is 5.38 Å². The van der Waals surface area contributed by atoms with Gasteiger partial charge in [-0.05, 0) is 61.2 Å². The summed E-state index contributed by atoms with van der Waals surface area (Å²) >= 11 is 1.67. The Morgan fingerprint density at radius 2 is 2.47 bits per heavy atom. The van der Waals surface area contributed by atoms with Crippen LogP contribution in [0, 0.1) is 0 Å². The fraction of sp³-hybridized carbons (Fsp3) is 0.667. The van der Waals surface area contributed by atoms with Crippen LogP contribution in [0.5, 0.6) is 0 Å². The summed E-state index contributed by atoms with van der Waals surface area (Å²) in [6, 6.07) is 2.52. The highest BCUT2D eigenvalue weighted by Gasteiger charge is 2.24. The maximum atomic E-state index is 11.7. The third kappa shape index (κ3) is 4.62. The molecule has 1 aliphatic rings. The second-order valence-electron chi connectivity index (χ2n) is 5.15. The molecule has 1 aliphatic heterocycles. The molecule has 2 heterocycles. The molecule has 3 nitrogen and oxygen atoms in total. The first-order chi connectivity index (χ1) is 9.29. The van der Waals surface area contributed by atoms with E-state index in [-0.39, 0.29) is 5.97 Å². The molecule has 106 valence electrons. The van der Waals surface area contributed by atoms with Gasteiger partial charge < -0.3 is 4.74 Å². The van der Waals surface area contributed by atoms with E-state index >= 15 is 0 Å². The Bertz CT molecular complexity index is 378. The van der Waals surface area contributed by atoms with E-state index in [2.05, 4.69) is 23.3 Å². The number of carbonyl (C=O) groups is 1. The van der Waals surface area contributed by atoms with Crippen molar-refractivity contribution in [1.29, 1.82) is 0 Å². The summed E-state index contributed by atoms with van der Waals surface area (Å²) in [5.74, 6) is -0.0606. The van der Waals surface area contributed by atoms with Crippen LogP contribution in [0.15, 0.2) is 16.8 Å². The van der Waals surface area contributed by atoms with E-state index in [4.69, 9.17) is 4.74 Å². The largest absolute Gasteiger partial charge is 0.464 e. The summed E-state index contributed by atoms with van der Waals surface area (Å²) in [6.07, 6.45) is 4.86. The van der Waals surface area contributed by atoms with Crippen LogP contribution in [0.25, 0.3) is 0 Å². The maximum absolute atomic E-state index is 11.7. The highest BCUT2D eigenvalue weighted by Crippen LogP contribution is 2.18. The van der Waals surface area contributed by atoms with E-state index < -0.39 is 0 Å². The van der Waals surface area contributed by atoms with Crippen LogP contribution in [-0.4, -0.2) is 36.6 Å². The van der Waals surface area contributed by atoms with Gasteiger partial charge in [0.1, 0.15) is 6.61 Å². The monoisotopic (exact) mass is 281 g/mol. The summed E-state index contributed by atoms with van der Waals surface area (Å²) in [6.45, 7) is 5.05. The molecular formula is C15H23NO2S. The second-order valence-corrected chi connectivity index (χ2v) is 5.93. The van der Waals surface area contributed by atoms with E-state index in [1.165, 1.54) is 18.4 Å². The number of hydrogen-bond donors (Lipinski definition) is 0. The summed E-state index contributed by atoms with van der Waals surface area (Å²) in [4.78, 5) is 14.2. The number of likely N-dealkylation sites (tertiary alicyclic amines) is 1. The molecular weight excluding hydrogens is 258 g/mol. The van der Waals surface area contributed by atoms with Crippen LogP contribution in [0.2, 0.25) is 0 Å². The molecule has 0 bridgehead atoms. The molecule has 0 saturated carbocycles. The molecule has 0 amide bonds. The van der Waals surface area contributed by atoms with Gasteiger partial charge in [0.25, 0.3) is 0 Å². The van der Waals surface area contributed by atoms with Gasteiger partial charge in [-0.2, -0.15) is 11.3 Å². The summed E-state index contributed by atoms with van der Waals surface area (Å²) in [5.41, 5.74) is 1.23. The second kappa shape index (κ2) is 7.65. The molecule has 0 N–H and O–H groups in total.